The van der Waals surface area contributed by atoms with Crippen molar-refractivity contribution in [3.8, 4) is 0 Å². The number of sulfonamides is 1. The van der Waals surface area contributed by atoms with E-state index < -0.39 is 38.4 Å². The van der Waals surface area contributed by atoms with Gasteiger partial charge in [0.2, 0.25) is 5.91 Å². The van der Waals surface area contributed by atoms with Gasteiger partial charge in [0.05, 0.1) is 21.5 Å². The van der Waals surface area contributed by atoms with E-state index in [1.165, 1.54) is 24.3 Å². The van der Waals surface area contributed by atoms with Gasteiger partial charge in [-0.05, 0) is 61.4 Å². The molecule has 0 fully saturated rings. The van der Waals surface area contributed by atoms with Crippen LogP contribution in [0.2, 0.25) is 0 Å². The molecule has 0 aliphatic carbocycles. The molecule has 33 heavy (non-hydrogen) atoms. The maximum absolute atomic E-state index is 13.4. The van der Waals surface area contributed by atoms with E-state index in [9.17, 15) is 21.6 Å². The Labute approximate surface area is 195 Å². The van der Waals surface area contributed by atoms with Crippen molar-refractivity contribution in [2.24, 2.45) is 0 Å². The molecule has 3 rings (SSSR count). The number of carbonyl (C=O) groups is 1. The number of anilines is 1. The second-order valence-corrected chi connectivity index (χ2v) is 11.7. The topological polar surface area (TPSA) is 101 Å². The molecule has 174 valence electrons. The zero-order valence-electron chi connectivity index (χ0n) is 18.6. The van der Waals surface area contributed by atoms with Crippen LogP contribution < -0.4 is 9.62 Å². The van der Waals surface area contributed by atoms with Gasteiger partial charge in [-0.15, -0.1) is 0 Å². The summed E-state index contributed by atoms with van der Waals surface area (Å²) >= 11 is 0. The predicted octanol–water partition coefficient (Wildman–Crippen LogP) is 3.47. The van der Waals surface area contributed by atoms with Crippen LogP contribution in [0.1, 0.15) is 24.1 Å². The summed E-state index contributed by atoms with van der Waals surface area (Å²) in [6, 6.07) is 20.6. The molecule has 7 nitrogen and oxygen atoms in total. The molecule has 0 aromatic heterocycles. The van der Waals surface area contributed by atoms with Gasteiger partial charge in [-0.2, -0.15) is 0 Å². The van der Waals surface area contributed by atoms with E-state index >= 15 is 0 Å². The zero-order chi connectivity index (χ0) is 24.2. The molecule has 0 radical (unpaired) electrons. The van der Waals surface area contributed by atoms with Crippen molar-refractivity contribution in [3.63, 3.8) is 0 Å². The fourth-order valence-electron chi connectivity index (χ4n) is 3.32. The third-order valence-electron chi connectivity index (χ3n) is 5.09. The summed E-state index contributed by atoms with van der Waals surface area (Å²) in [6.45, 7) is 3.18. The number of amides is 1. The molecule has 1 amide bonds. The monoisotopic (exact) mass is 486 g/mol. The van der Waals surface area contributed by atoms with Crippen LogP contribution >= 0.6 is 0 Å². The van der Waals surface area contributed by atoms with Gasteiger partial charge in [-0.25, -0.2) is 16.8 Å². The van der Waals surface area contributed by atoms with Gasteiger partial charge < -0.3 is 5.32 Å². The molecule has 1 atom stereocenters. The first-order valence-corrected chi connectivity index (χ1v) is 13.6. The van der Waals surface area contributed by atoms with Crippen molar-refractivity contribution < 1.29 is 21.6 Å². The van der Waals surface area contributed by atoms with Crippen molar-refractivity contribution >= 4 is 31.5 Å². The second-order valence-electron chi connectivity index (χ2n) is 7.79. The number of nitrogens with zero attached hydrogens (tertiary/aromatic N) is 1. The first-order valence-electron chi connectivity index (χ1n) is 10.2. The molecule has 0 aliphatic heterocycles. The average Bonchev–Trinajstić information content (AvgIpc) is 2.77. The Morgan fingerprint density at radius 2 is 1.52 bits per heavy atom. The number of rotatable bonds is 8. The van der Waals surface area contributed by atoms with Crippen LogP contribution in [0.4, 0.5) is 5.69 Å². The Hall–Kier alpha value is -3.17. The Kier molecular flexibility index (Phi) is 7.24. The lowest BCUT2D eigenvalue weighted by atomic mass is 10.1. The molecule has 0 bridgehead atoms. The van der Waals surface area contributed by atoms with E-state index in [2.05, 4.69) is 5.32 Å². The van der Waals surface area contributed by atoms with Crippen molar-refractivity contribution in [3.05, 3.63) is 90.0 Å². The number of benzene rings is 3. The smallest absolute Gasteiger partial charge is 0.264 e. The molecule has 3 aromatic rings. The number of hydrogen-bond acceptors (Lipinski definition) is 5. The second kappa shape index (κ2) is 9.76. The lowest BCUT2D eigenvalue weighted by Crippen LogP contribution is -2.41. The van der Waals surface area contributed by atoms with Crippen molar-refractivity contribution in [1.82, 2.24) is 5.32 Å². The van der Waals surface area contributed by atoms with Crippen LogP contribution in [0.15, 0.2) is 88.7 Å². The van der Waals surface area contributed by atoms with Gasteiger partial charge in [0, 0.05) is 6.26 Å². The highest BCUT2D eigenvalue weighted by Gasteiger charge is 2.27. The van der Waals surface area contributed by atoms with Crippen LogP contribution in [0.25, 0.3) is 0 Å². The van der Waals surface area contributed by atoms with E-state index in [0.717, 1.165) is 16.1 Å². The molecule has 9 heteroatoms. The molecule has 1 unspecified atom stereocenters. The molecular weight excluding hydrogens is 460 g/mol. The van der Waals surface area contributed by atoms with Crippen molar-refractivity contribution in [1.29, 1.82) is 0 Å². The highest BCUT2D eigenvalue weighted by atomic mass is 32.2. The quantitative estimate of drug-likeness (QED) is 0.525. The van der Waals surface area contributed by atoms with Crippen LogP contribution in [-0.4, -0.2) is 35.5 Å². The summed E-state index contributed by atoms with van der Waals surface area (Å²) < 4.78 is 51.1. The lowest BCUT2D eigenvalue weighted by molar-refractivity contribution is -0.120. The molecule has 1 N–H and O–H groups in total. The summed E-state index contributed by atoms with van der Waals surface area (Å²) in [6.07, 6.45) is 1.13. The highest BCUT2D eigenvalue weighted by Crippen LogP contribution is 2.24. The van der Waals surface area contributed by atoms with Crippen LogP contribution in [0, 0.1) is 6.92 Å². The summed E-state index contributed by atoms with van der Waals surface area (Å²) in [7, 11) is -7.30. The normalized spacial score (nSPS) is 12.7. The van der Waals surface area contributed by atoms with Crippen LogP contribution in [0.5, 0.6) is 0 Å². The number of carbonyl (C=O) groups excluding carboxylic acids is 1. The average molecular weight is 487 g/mol. The Morgan fingerprint density at radius 1 is 0.879 bits per heavy atom. The Bertz CT molecular complexity index is 1340. The van der Waals surface area contributed by atoms with Gasteiger partial charge in [0.25, 0.3) is 10.0 Å². The lowest BCUT2D eigenvalue weighted by Gasteiger charge is -2.25. The molecule has 3 aromatic carbocycles. The fraction of sp³-hybridized carbons (Fsp3) is 0.208. The van der Waals surface area contributed by atoms with Gasteiger partial charge in [-0.1, -0.05) is 42.5 Å². The highest BCUT2D eigenvalue weighted by molar-refractivity contribution is 7.93. The molecule has 0 saturated carbocycles. The first-order chi connectivity index (χ1) is 15.5. The minimum absolute atomic E-state index is 0.0868. The van der Waals surface area contributed by atoms with Gasteiger partial charge in [0.15, 0.2) is 9.84 Å². The molecule has 0 spiro atoms. The fourth-order valence-corrected chi connectivity index (χ4v) is 5.39. The number of aryl methyl sites for hydroxylation is 1. The van der Waals surface area contributed by atoms with Crippen molar-refractivity contribution in [2.45, 2.75) is 29.7 Å². The van der Waals surface area contributed by atoms with E-state index in [0.29, 0.717) is 11.3 Å². The SMILES string of the molecule is Cc1cccc(N(CC(=O)NC(C)c2ccc(S(C)(=O)=O)cc2)S(=O)(=O)c2ccccc2)c1. The number of nitrogens with one attached hydrogen (secondary N) is 1. The Morgan fingerprint density at radius 3 is 2.09 bits per heavy atom. The third kappa shape index (κ3) is 6.00. The molecule has 0 heterocycles. The van der Waals surface area contributed by atoms with Crippen molar-refractivity contribution in [2.75, 3.05) is 17.1 Å². The third-order valence-corrected chi connectivity index (χ3v) is 8.01. The maximum atomic E-state index is 13.4. The number of sulfone groups is 1. The largest absolute Gasteiger partial charge is 0.348 e. The van der Waals surface area contributed by atoms with Gasteiger partial charge in [-0.3, -0.25) is 9.10 Å². The van der Waals surface area contributed by atoms with E-state index in [4.69, 9.17) is 0 Å². The standard InChI is InChI=1S/C24H26N2O5S2/c1-18-8-7-9-21(16-18)26(33(30,31)23-10-5-4-6-11-23)17-24(27)25-19(2)20-12-14-22(15-13-20)32(3,28)29/h4-16,19H,17H2,1-3H3,(H,25,27). The predicted molar refractivity (Wildman–Crippen MR) is 128 cm³/mol. The molecule has 0 aliphatic rings. The van der Waals surface area contributed by atoms with Gasteiger partial charge in [0.1, 0.15) is 6.54 Å². The summed E-state index contributed by atoms with van der Waals surface area (Å²) in [4.78, 5) is 13.2. The zero-order valence-corrected chi connectivity index (χ0v) is 20.2. The van der Waals surface area contributed by atoms with E-state index in [1.54, 1.807) is 55.5 Å². The van der Waals surface area contributed by atoms with E-state index in [1.807, 2.05) is 13.0 Å². The first kappa shape index (κ1) is 24.5. The molecular formula is C24H26N2O5S2. The summed E-state index contributed by atoms with van der Waals surface area (Å²) in [5, 5.41) is 2.80. The van der Waals surface area contributed by atoms with Gasteiger partial charge >= 0.3 is 0 Å². The van der Waals surface area contributed by atoms with Crippen LogP contribution in [0.3, 0.4) is 0 Å². The summed E-state index contributed by atoms with van der Waals surface area (Å²) in [5.74, 6) is -0.490. The van der Waals surface area contributed by atoms with Crippen LogP contribution in [-0.2, 0) is 24.7 Å². The molecule has 0 saturated heterocycles. The van der Waals surface area contributed by atoms with E-state index in [-0.39, 0.29) is 9.79 Å². The minimum Gasteiger partial charge on any atom is -0.348 e. The minimum atomic E-state index is -3.98. The Balaban J connectivity index is 1.85. The summed E-state index contributed by atoms with van der Waals surface area (Å²) in [5.41, 5.74) is 1.95. The maximum Gasteiger partial charge on any atom is 0.264 e. The number of hydrogen-bond donors (Lipinski definition) is 1.